The minimum absolute atomic E-state index is 0.000722. The van der Waals surface area contributed by atoms with Crippen molar-refractivity contribution < 1.29 is 62.0 Å². The maximum absolute atomic E-state index is 10.3. The first-order valence-electron chi connectivity index (χ1n) is 17.3. The molecule has 0 radical (unpaired) electrons. The van der Waals surface area contributed by atoms with E-state index >= 15 is 0 Å². The van der Waals surface area contributed by atoms with E-state index in [1.54, 1.807) is 0 Å². The van der Waals surface area contributed by atoms with Crippen molar-refractivity contribution in [1.82, 2.24) is 0 Å². The Morgan fingerprint density at radius 1 is 0.326 bits per heavy atom. The Labute approximate surface area is 278 Å². The van der Waals surface area contributed by atoms with Gasteiger partial charge in [0.15, 0.2) is 0 Å². The highest BCUT2D eigenvalue weighted by Gasteiger charge is 1.98. The molecule has 46 heavy (non-hydrogen) atoms. The van der Waals surface area contributed by atoms with Crippen molar-refractivity contribution in [1.29, 1.82) is 0 Å². The van der Waals surface area contributed by atoms with Crippen LogP contribution in [0.15, 0.2) is 0 Å². The SMILES string of the molecule is CCCCCCCCCCOCCOCCOCCOCCOCCOCCOCCOCCOCCOCCOCCC(=O)O. The van der Waals surface area contributed by atoms with Gasteiger partial charge in [-0.2, -0.15) is 0 Å². The quantitative estimate of drug-likeness (QED) is 0.0944. The molecule has 0 heterocycles. The highest BCUT2D eigenvalue weighted by Crippen LogP contribution is 2.08. The molecule has 0 fully saturated rings. The van der Waals surface area contributed by atoms with Crippen LogP contribution in [-0.4, -0.2) is 156 Å². The van der Waals surface area contributed by atoms with Crippen molar-refractivity contribution in [2.24, 2.45) is 0 Å². The number of aliphatic carboxylic acids is 1. The van der Waals surface area contributed by atoms with Crippen molar-refractivity contribution in [3.05, 3.63) is 0 Å². The maximum Gasteiger partial charge on any atom is 0.305 e. The van der Waals surface area contributed by atoms with E-state index in [-0.39, 0.29) is 13.0 Å². The zero-order valence-corrected chi connectivity index (χ0v) is 28.8. The minimum Gasteiger partial charge on any atom is -0.481 e. The van der Waals surface area contributed by atoms with E-state index < -0.39 is 5.97 Å². The lowest BCUT2D eigenvalue weighted by molar-refractivity contribution is -0.138. The summed E-state index contributed by atoms with van der Waals surface area (Å²) in [7, 11) is 0. The summed E-state index contributed by atoms with van der Waals surface area (Å²) in [6.45, 7) is 13.4. The normalized spacial score (nSPS) is 11.5. The molecule has 0 aromatic heterocycles. The Hall–Kier alpha value is -0.970. The van der Waals surface area contributed by atoms with Crippen molar-refractivity contribution in [2.75, 3.05) is 145 Å². The number of hydrogen-bond donors (Lipinski definition) is 1. The smallest absolute Gasteiger partial charge is 0.305 e. The van der Waals surface area contributed by atoms with Crippen LogP contribution in [0.4, 0.5) is 0 Å². The molecule has 13 nitrogen and oxygen atoms in total. The summed E-state index contributed by atoms with van der Waals surface area (Å²) in [4.78, 5) is 10.3. The first-order chi connectivity index (χ1) is 22.8. The second-order valence-corrected chi connectivity index (χ2v) is 10.4. The van der Waals surface area contributed by atoms with Gasteiger partial charge in [0.05, 0.1) is 145 Å². The molecule has 13 heteroatoms. The molecule has 0 spiro atoms. The highest BCUT2D eigenvalue weighted by molar-refractivity contribution is 5.66. The Kier molecular flexibility index (Phi) is 41.2. The predicted octanol–water partition coefficient (Wildman–Crippen LogP) is 3.78. The van der Waals surface area contributed by atoms with E-state index in [4.69, 9.17) is 57.2 Å². The van der Waals surface area contributed by atoms with Crippen LogP contribution in [0.5, 0.6) is 0 Å². The van der Waals surface area contributed by atoms with E-state index in [1.165, 1.54) is 44.9 Å². The fourth-order valence-electron chi connectivity index (χ4n) is 3.80. The molecule has 0 saturated carbocycles. The van der Waals surface area contributed by atoms with Crippen molar-refractivity contribution in [3.63, 3.8) is 0 Å². The third kappa shape index (κ3) is 43.0. The maximum atomic E-state index is 10.3. The first kappa shape index (κ1) is 45.0. The molecule has 0 amide bonds. The highest BCUT2D eigenvalue weighted by atomic mass is 16.6. The van der Waals surface area contributed by atoms with Crippen molar-refractivity contribution >= 4 is 5.97 Å². The summed E-state index contributed by atoms with van der Waals surface area (Å²) in [5.74, 6) is -0.871. The van der Waals surface area contributed by atoms with Gasteiger partial charge in [0.1, 0.15) is 0 Å². The molecule has 276 valence electrons. The zero-order valence-electron chi connectivity index (χ0n) is 28.8. The van der Waals surface area contributed by atoms with Crippen molar-refractivity contribution in [2.45, 2.75) is 64.7 Å². The van der Waals surface area contributed by atoms with Crippen LogP contribution < -0.4 is 0 Å². The number of ether oxygens (including phenoxy) is 11. The van der Waals surface area contributed by atoms with E-state index in [1.807, 2.05) is 0 Å². The Bertz CT molecular complexity index is 572. The lowest BCUT2D eigenvalue weighted by Gasteiger charge is -2.09. The number of hydrogen-bond acceptors (Lipinski definition) is 12. The molecule has 0 aliphatic carbocycles. The molecular weight excluding hydrogens is 604 g/mol. The van der Waals surface area contributed by atoms with Crippen molar-refractivity contribution in [3.8, 4) is 0 Å². The van der Waals surface area contributed by atoms with Gasteiger partial charge in [-0.05, 0) is 6.42 Å². The van der Waals surface area contributed by atoms with Gasteiger partial charge in [-0.15, -0.1) is 0 Å². The molecule has 0 atom stereocenters. The van der Waals surface area contributed by atoms with Crippen LogP contribution >= 0.6 is 0 Å². The third-order valence-corrected chi connectivity index (χ3v) is 6.32. The number of carbonyl (C=O) groups is 1. The summed E-state index contributed by atoms with van der Waals surface area (Å²) < 4.78 is 59.8. The molecule has 0 rings (SSSR count). The first-order valence-corrected chi connectivity index (χ1v) is 17.3. The van der Waals surface area contributed by atoms with E-state index in [0.717, 1.165) is 13.0 Å². The van der Waals surface area contributed by atoms with Gasteiger partial charge < -0.3 is 57.2 Å². The average Bonchev–Trinajstić information content (AvgIpc) is 3.05. The molecule has 0 unspecified atom stereocenters. The van der Waals surface area contributed by atoms with Crippen LogP contribution in [0.2, 0.25) is 0 Å². The zero-order chi connectivity index (χ0) is 33.3. The van der Waals surface area contributed by atoms with Gasteiger partial charge in [0.25, 0.3) is 0 Å². The molecule has 0 aromatic rings. The fraction of sp³-hybridized carbons (Fsp3) is 0.970. The van der Waals surface area contributed by atoms with Gasteiger partial charge in [0.2, 0.25) is 0 Å². The predicted molar refractivity (Wildman–Crippen MR) is 174 cm³/mol. The molecule has 0 saturated heterocycles. The number of unbranched alkanes of at least 4 members (excludes halogenated alkanes) is 7. The van der Waals surface area contributed by atoms with Gasteiger partial charge in [-0.1, -0.05) is 51.9 Å². The third-order valence-electron chi connectivity index (χ3n) is 6.32. The molecule has 0 aliphatic heterocycles. The van der Waals surface area contributed by atoms with Gasteiger partial charge in [-0.25, -0.2) is 0 Å². The summed E-state index contributed by atoms with van der Waals surface area (Å²) in [5, 5.41) is 8.49. The van der Waals surface area contributed by atoms with Crippen LogP contribution in [0.25, 0.3) is 0 Å². The summed E-state index contributed by atoms with van der Waals surface area (Å²) in [5.41, 5.74) is 0. The molecular formula is C33H66O13. The van der Waals surface area contributed by atoms with Gasteiger partial charge in [0, 0.05) is 6.61 Å². The van der Waals surface area contributed by atoms with Crippen LogP contribution in [-0.2, 0) is 56.9 Å². The minimum atomic E-state index is -0.871. The van der Waals surface area contributed by atoms with Crippen LogP contribution in [0.3, 0.4) is 0 Å². The van der Waals surface area contributed by atoms with Crippen LogP contribution in [0.1, 0.15) is 64.7 Å². The molecule has 1 N–H and O–H groups in total. The Balaban J connectivity index is 3.04. The standard InChI is InChI=1S/C33H66O13/c1-2-3-4-5-6-7-8-9-11-36-13-15-38-17-19-40-21-23-42-25-27-44-29-31-46-32-30-45-28-26-43-24-22-41-20-18-39-16-14-37-12-10-33(34)35/h2-32H2,1H3,(H,34,35). The molecule has 0 aromatic carbocycles. The second kappa shape index (κ2) is 42.1. The van der Waals surface area contributed by atoms with E-state index in [9.17, 15) is 4.79 Å². The average molecular weight is 671 g/mol. The molecule has 0 bridgehead atoms. The lowest BCUT2D eigenvalue weighted by Crippen LogP contribution is -2.15. The summed E-state index contributed by atoms with van der Waals surface area (Å²) in [6, 6.07) is 0. The summed E-state index contributed by atoms with van der Waals surface area (Å²) >= 11 is 0. The number of rotatable bonds is 42. The van der Waals surface area contributed by atoms with Crippen LogP contribution in [0, 0.1) is 0 Å². The largest absolute Gasteiger partial charge is 0.481 e. The lowest BCUT2D eigenvalue weighted by atomic mass is 10.1. The van der Waals surface area contributed by atoms with Gasteiger partial charge >= 0.3 is 5.97 Å². The fourth-order valence-corrected chi connectivity index (χ4v) is 3.80. The number of carboxylic acids is 1. The topological polar surface area (TPSA) is 139 Å². The second-order valence-electron chi connectivity index (χ2n) is 10.4. The molecule has 0 aliphatic rings. The van der Waals surface area contributed by atoms with E-state index in [0.29, 0.717) is 132 Å². The van der Waals surface area contributed by atoms with Gasteiger partial charge in [-0.3, -0.25) is 4.79 Å². The Morgan fingerprint density at radius 3 is 0.804 bits per heavy atom. The summed E-state index contributed by atoms with van der Waals surface area (Å²) in [6.07, 6.45) is 10.5. The van der Waals surface area contributed by atoms with E-state index in [2.05, 4.69) is 6.92 Å². The number of carboxylic acid groups (broad SMARTS) is 1. The monoisotopic (exact) mass is 670 g/mol. The Morgan fingerprint density at radius 2 is 0.543 bits per heavy atom.